The first-order chi connectivity index (χ1) is 14.0. The van der Waals surface area contributed by atoms with Gasteiger partial charge in [-0.1, -0.05) is 57.7 Å². The molecular weight excluding hydrogens is 366 g/mol. The van der Waals surface area contributed by atoms with Gasteiger partial charge in [0.1, 0.15) is 6.04 Å². The molecule has 0 bridgehead atoms. The number of nitrogens with zero attached hydrogens (tertiary/aromatic N) is 1. The lowest BCUT2D eigenvalue weighted by molar-refractivity contribution is -0.149. The van der Waals surface area contributed by atoms with Crippen molar-refractivity contribution >= 4 is 17.8 Å². The molecule has 0 radical (unpaired) electrons. The van der Waals surface area contributed by atoms with Crippen molar-refractivity contribution in [3.63, 3.8) is 0 Å². The van der Waals surface area contributed by atoms with Crippen LogP contribution in [0, 0.1) is 5.92 Å². The fourth-order valence-electron chi connectivity index (χ4n) is 3.61. The lowest BCUT2D eigenvalue weighted by Gasteiger charge is -2.26. The molecule has 1 aromatic rings. The summed E-state index contributed by atoms with van der Waals surface area (Å²) in [7, 11) is 0. The summed E-state index contributed by atoms with van der Waals surface area (Å²) in [4.78, 5) is 39.3. The maximum Gasteiger partial charge on any atom is 0.329 e. The SMILES string of the molecule is C=CCCCCCCCCOC(=O)[C@H](CC(C)C)N1C(=O)c2ccccc2C1=O. The zero-order valence-electron chi connectivity index (χ0n) is 17.7. The molecule has 2 rings (SSSR count). The van der Waals surface area contributed by atoms with Crippen molar-refractivity contribution in [2.45, 2.75) is 71.3 Å². The van der Waals surface area contributed by atoms with Crippen LogP contribution < -0.4 is 0 Å². The Morgan fingerprint density at radius 3 is 2.10 bits per heavy atom. The summed E-state index contributed by atoms with van der Waals surface area (Å²) >= 11 is 0. The molecule has 1 aromatic carbocycles. The summed E-state index contributed by atoms with van der Waals surface area (Å²) < 4.78 is 5.46. The van der Waals surface area contributed by atoms with E-state index in [1.54, 1.807) is 24.3 Å². The Balaban J connectivity index is 1.87. The van der Waals surface area contributed by atoms with Crippen molar-refractivity contribution in [3.8, 4) is 0 Å². The molecule has 0 saturated heterocycles. The number of allylic oxidation sites excluding steroid dienone is 1. The third kappa shape index (κ3) is 6.28. The number of carbonyl (C=O) groups excluding carboxylic acids is 3. The number of imide groups is 1. The van der Waals surface area contributed by atoms with Crippen molar-refractivity contribution in [2.75, 3.05) is 6.61 Å². The average molecular weight is 400 g/mol. The third-order valence-corrected chi connectivity index (χ3v) is 5.15. The van der Waals surface area contributed by atoms with Crippen molar-refractivity contribution in [1.82, 2.24) is 4.90 Å². The summed E-state index contributed by atoms with van der Waals surface area (Å²) in [6.45, 7) is 7.97. The van der Waals surface area contributed by atoms with Gasteiger partial charge in [0.15, 0.2) is 0 Å². The van der Waals surface area contributed by atoms with Crippen molar-refractivity contribution in [3.05, 3.63) is 48.0 Å². The predicted octanol–water partition coefficient (Wildman–Crippen LogP) is 5.16. The van der Waals surface area contributed by atoms with Gasteiger partial charge in [0.25, 0.3) is 11.8 Å². The number of fused-ring (bicyclic) bond motifs is 1. The van der Waals surface area contributed by atoms with Crippen molar-refractivity contribution in [2.24, 2.45) is 5.92 Å². The number of unbranched alkanes of at least 4 members (excludes halogenated alkanes) is 6. The second-order valence-electron chi connectivity index (χ2n) is 8.04. The average Bonchev–Trinajstić information content (AvgIpc) is 2.95. The van der Waals surface area contributed by atoms with E-state index >= 15 is 0 Å². The smallest absolute Gasteiger partial charge is 0.329 e. The Hall–Kier alpha value is -2.43. The van der Waals surface area contributed by atoms with Gasteiger partial charge in [0, 0.05) is 0 Å². The zero-order chi connectivity index (χ0) is 21.2. The number of hydrogen-bond acceptors (Lipinski definition) is 4. The van der Waals surface area contributed by atoms with Gasteiger partial charge >= 0.3 is 5.97 Å². The van der Waals surface area contributed by atoms with E-state index in [0.717, 1.165) is 30.6 Å². The fourth-order valence-corrected chi connectivity index (χ4v) is 3.61. The van der Waals surface area contributed by atoms with Gasteiger partial charge in [-0.05, 0) is 43.7 Å². The van der Waals surface area contributed by atoms with E-state index in [4.69, 9.17) is 4.74 Å². The molecule has 0 N–H and O–H groups in total. The zero-order valence-corrected chi connectivity index (χ0v) is 17.7. The number of rotatable bonds is 13. The molecule has 1 aliphatic rings. The predicted molar refractivity (Wildman–Crippen MR) is 114 cm³/mol. The molecule has 5 nitrogen and oxygen atoms in total. The van der Waals surface area contributed by atoms with Crippen LogP contribution in [-0.2, 0) is 9.53 Å². The molecule has 0 unspecified atom stereocenters. The Bertz CT molecular complexity index is 690. The molecule has 29 heavy (non-hydrogen) atoms. The largest absolute Gasteiger partial charge is 0.464 e. The summed E-state index contributed by atoms with van der Waals surface area (Å²) in [6, 6.07) is 5.83. The minimum absolute atomic E-state index is 0.146. The van der Waals surface area contributed by atoms with Crippen molar-refractivity contribution < 1.29 is 19.1 Å². The van der Waals surface area contributed by atoms with Crippen LogP contribution in [0.2, 0.25) is 0 Å². The third-order valence-electron chi connectivity index (χ3n) is 5.15. The summed E-state index contributed by atoms with van der Waals surface area (Å²) in [5.74, 6) is -1.16. The topological polar surface area (TPSA) is 63.7 Å². The number of ether oxygens (including phenoxy) is 1. The van der Waals surface area contributed by atoms with Gasteiger partial charge in [-0.25, -0.2) is 4.79 Å². The summed E-state index contributed by atoms with van der Waals surface area (Å²) in [5, 5.41) is 0. The van der Waals surface area contributed by atoms with E-state index in [2.05, 4.69) is 6.58 Å². The summed E-state index contributed by atoms with van der Waals surface area (Å²) in [6.07, 6.45) is 9.86. The second kappa shape index (κ2) is 11.5. The number of carbonyl (C=O) groups is 3. The molecule has 0 saturated carbocycles. The van der Waals surface area contributed by atoms with Gasteiger partial charge < -0.3 is 4.74 Å². The monoisotopic (exact) mass is 399 g/mol. The van der Waals surface area contributed by atoms with E-state index in [9.17, 15) is 14.4 Å². The van der Waals surface area contributed by atoms with Crippen LogP contribution in [0.5, 0.6) is 0 Å². The minimum atomic E-state index is -0.874. The fraction of sp³-hybridized carbons (Fsp3) is 0.542. The first kappa shape index (κ1) is 22.9. The lowest BCUT2D eigenvalue weighted by atomic mass is 10.0. The standard InChI is InChI=1S/C24H33NO4/c1-4-5-6-7-8-9-10-13-16-29-24(28)21(17-18(2)3)25-22(26)19-14-11-12-15-20(19)23(25)27/h4,11-12,14-15,18,21H,1,5-10,13,16-17H2,2-3H3/t21-/m0/s1. The van der Waals surface area contributed by atoms with Crippen LogP contribution in [-0.4, -0.2) is 35.3 Å². The van der Waals surface area contributed by atoms with Crippen LogP contribution >= 0.6 is 0 Å². The maximum absolute atomic E-state index is 12.7. The van der Waals surface area contributed by atoms with Gasteiger partial charge in [0.05, 0.1) is 17.7 Å². The van der Waals surface area contributed by atoms with E-state index in [-0.39, 0.29) is 5.92 Å². The van der Waals surface area contributed by atoms with Crippen LogP contribution in [0.4, 0.5) is 0 Å². The first-order valence-electron chi connectivity index (χ1n) is 10.7. The van der Waals surface area contributed by atoms with E-state index in [1.807, 2.05) is 19.9 Å². The highest BCUT2D eigenvalue weighted by molar-refractivity contribution is 6.22. The Morgan fingerprint density at radius 2 is 1.55 bits per heavy atom. The Kier molecular flexibility index (Phi) is 9.10. The van der Waals surface area contributed by atoms with Gasteiger partial charge in [-0.2, -0.15) is 0 Å². The quantitative estimate of drug-likeness (QED) is 0.199. The highest BCUT2D eigenvalue weighted by Gasteiger charge is 2.43. The molecule has 1 atom stereocenters. The van der Waals surface area contributed by atoms with Crippen molar-refractivity contribution in [1.29, 1.82) is 0 Å². The highest BCUT2D eigenvalue weighted by Crippen LogP contribution is 2.27. The van der Waals surface area contributed by atoms with Crippen LogP contribution in [0.1, 0.15) is 85.9 Å². The number of benzene rings is 1. The molecule has 1 aliphatic heterocycles. The lowest BCUT2D eigenvalue weighted by Crippen LogP contribution is -2.46. The molecular formula is C24H33NO4. The molecule has 158 valence electrons. The molecule has 0 aromatic heterocycles. The van der Waals surface area contributed by atoms with E-state index in [0.29, 0.717) is 24.2 Å². The number of esters is 1. The molecule has 1 heterocycles. The normalized spacial score (nSPS) is 14.2. The second-order valence-corrected chi connectivity index (χ2v) is 8.04. The summed E-state index contributed by atoms with van der Waals surface area (Å²) in [5.41, 5.74) is 0.714. The Labute approximate surface area is 174 Å². The molecule has 2 amide bonds. The highest BCUT2D eigenvalue weighted by atomic mass is 16.5. The van der Waals surface area contributed by atoms with E-state index in [1.165, 1.54) is 19.3 Å². The molecule has 5 heteroatoms. The van der Waals surface area contributed by atoms with Gasteiger partial charge in [0.2, 0.25) is 0 Å². The van der Waals surface area contributed by atoms with Crippen LogP contribution in [0.3, 0.4) is 0 Å². The maximum atomic E-state index is 12.7. The number of hydrogen-bond donors (Lipinski definition) is 0. The molecule has 0 spiro atoms. The first-order valence-corrected chi connectivity index (χ1v) is 10.7. The van der Waals surface area contributed by atoms with Gasteiger partial charge in [-0.15, -0.1) is 6.58 Å². The minimum Gasteiger partial charge on any atom is -0.464 e. The molecule has 0 fully saturated rings. The van der Waals surface area contributed by atoms with Crippen LogP contribution in [0.15, 0.2) is 36.9 Å². The number of amides is 2. The van der Waals surface area contributed by atoms with Gasteiger partial charge in [-0.3, -0.25) is 14.5 Å². The van der Waals surface area contributed by atoms with E-state index < -0.39 is 23.8 Å². The van der Waals surface area contributed by atoms with Crippen LogP contribution in [0.25, 0.3) is 0 Å². The Morgan fingerprint density at radius 1 is 1.00 bits per heavy atom. The molecule has 0 aliphatic carbocycles.